The maximum atomic E-state index is 13.4. The highest BCUT2D eigenvalue weighted by Crippen LogP contribution is 2.45. The van der Waals surface area contributed by atoms with Crippen LogP contribution in [0.25, 0.3) is 0 Å². The molecular weight excluding hydrogens is 400 g/mol. The van der Waals surface area contributed by atoms with Crippen molar-refractivity contribution in [2.75, 3.05) is 27.5 Å². The standard InChI is InChI=1S/C23H28N2O4S/c1-13(2)24-22(26)20-16-11-18(28-4)19(29-5)12-17(16)23(27)25(3)21(20)14-7-9-15(30-6)10-8-14/h7-13,20-21H,1-6H3,(H,24,26)/t20-,21-/m1/s1. The van der Waals surface area contributed by atoms with Crippen molar-refractivity contribution in [2.45, 2.75) is 36.7 Å². The van der Waals surface area contributed by atoms with E-state index in [1.165, 1.54) is 7.11 Å². The fourth-order valence-electron chi connectivity index (χ4n) is 3.92. The smallest absolute Gasteiger partial charge is 0.254 e. The molecule has 0 spiro atoms. The lowest BCUT2D eigenvalue weighted by atomic mass is 9.79. The summed E-state index contributed by atoms with van der Waals surface area (Å²) >= 11 is 1.65. The minimum atomic E-state index is -0.579. The van der Waals surface area contributed by atoms with Gasteiger partial charge in [-0.05, 0) is 55.5 Å². The minimum Gasteiger partial charge on any atom is -0.493 e. The highest BCUT2D eigenvalue weighted by molar-refractivity contribution is 7.98. The molecule has 2 aromatic rings. The topological polar surface area (TPSA) is 67.9 Å². The number of nitrogens with one attached hydrogen (secondary N) is 1. The third kappa shape index (κ3) is 3.99. The molecule has 2 amide bonds. The Balaban J connectivity index is 2.21. The van der Waals surface area contributed by atoms with Crippen LogP contribution in [-0.4, -0.2) is 50.3 Å². The SMILES string of the molecule is COc1cc2c(cc1OC)[C@@H](C(=O)NC(C)C)[C@@H](c1ccc(SC)cc1)N(C)C2=O. The van der Waals surface area contributed by atoms with Crippen LogP contribution in [0.1, 0.15) is 47.3 Å². The van der Waals surface area contributed by atoms with Crippen LogP contribution in [-0.2, 0) is 4.79 Å². The van der Waals surface area contributed by atoms with Crippen molar-refractivity contribution in [3.05, 3.63) is 53.1 Å². The molecule has 0 radical (unpaired) electrons. The first-order valence-corrected chi connectivity index (χ1v) is 11.0. The van der Waals surface area contributed by atoms with Gasteiger partial charge in [0.15, 0.2) is 11.5 Å². The lowest BCUT2D eigenvalue weighted by molar-refractivity contribution is -0.124. The molecule has 160 valence electrons. The second-order valence-electron chi connectivity index (χ2n) is 7.57. The van der Waals surface area contributed by atoms with E-state index in [-0.39, 0.29) is 17.9 Å². The number of amides is 2. The van der Waals surface area contributed by atoms with Gasteiger partial charge in [-0.25, -0.2) is 0 Å². The van der Waals surface area contributed by atoms with Crippen molar-refractivity contribution >= 4 is 23.6 Å². The number of thioether (sulfide) groups is 1. The fraction of sp³-hybridized carbons (Fsp3) is 0.391. The molecule has 0 aromatic heterocycles. The molecule has 0 fully saturated rings. The van der Waals surface area contributed by atoms with Crippen LogP contribution in [0.5, 0.6) is 11.5 Å². The molecule has 2 aromatic carbocycles. The van der Waals surface area contributed by atoms with E-state index in [0.717, 1.165) is 10.5 Å². The number of methoxy groups -OCH3 is 2. The van der Waals surface area contributed by atoms with Gasteiger partial charge in [-0.1, -0.05) is 12.1 Å². The van der Waals surface area contributed by atoms with E-state index < -0.39 is 12.0 Å². The third-order valence-corrected chi connectivity index (χ3v) is 6.09. The van der Waals surface area contributed by atoms with Crippen molar-refractivity contribution < 1.29 is 19.1 Å². The molecule has 0 saturated heterocycles. The zero-order valence-corrected chi connectivity index (χ0v) is 19.0. The molecule has 7 heteroatoms. The number of benzene rings is 2. The second-order valence-corrected chi connectivity index (χ2v) is 8.45. The van der Waals surface area contributed by atoms with Crippen molar-refractivity contribution in [1.82, 2.24) is 10.2 Å². The normalized spacial score (nSPS) is 18.2. The van der Waals surface area contributed by atoms with Crippen molar-refractivity contribution in [1.29, 1.82) is 0 Å². The lowest BCUT2D eigenvalue weighted by Gasteiger charge is -2.40. The summed E-state index contributed by atoms with van der Waals surface area (Å²) in [4.78, 5) is 29.4. The lowest BCUT2D eigenvalue weighted by Crippen LogP contribution is -2.46. The predicted octanol–water partition coefficient (Wildman–Crippen LogP) is 3.86. The Morgan fingerprint density at radius 2 is 1.70 bits per heavy atom. The zero-order valence-electron chi connectivity index (χ0n) is 18.2. The molecule has 1 N–H and O–H groups in total. The Bertz CT molecular complexity index is 943. The summed E-state index contributed by atoms with van der Waals surface area (Å²) in [7, 11) is 4.81. The summed E-state index contributed by atoms with van der Waals surface area (Å²) in [6.07, 6.45) is 2.01. The average Bonchev–Trinajstić information content (AvgIpc) is 2.74. The first kappa shape index (κ1) is 22.0. The number of nitrogens with zero attached hydrogens (tertiary/aromatic N) is 1. The van der Waals surface area contributed by atoms with Gasteiger partial charge in [0.25, 0.3) is 5.91 Å². The number of rotatable bonds is 6. The van der Waals surface area contributed by atoms with Gasteiger partial charge in [-0.3, -0.25) is 9.59 Å². The van der Waals surface area contributed by atoms with E-state index in [0.29, 0.717) is 22.6 Å². The Morgan fingerprint density at radius 1 is 1.10 bits per heavy atom. The molecule has 1 aliphatic heterocycles. The molecule has 30 heavy (non-hydrogen) atoms. The number of hydrogen-bond donors (Lipinski definition) is 1. The second kappa shape index (κ2) is 9.00. The van der Waals surface area contributed by atoms with Crippen molar-refractivity contribution in [3.8, 4) is 11.5 Å². The van der Waals surface area contributed by atoms with Crippen LogP contribution in [0.15, 0.2) is 41.3 Å². The summed E-state index contributed by atoms with van der Waals surface area (Å²) in [5.74, 6) is 0.0940. The van der Waals surface area contributed by atoms with Crippen molar-refractivity contribution in [2.24, 2.45) is 0 Å². The van der Waals surface area contributed by atoms with Gasteiger partial charge in [0, 0.05) is 23.5 Å². The predicted molar refractivity (Wildman–Crippen MR) is 119 cm³/mol. The summed E-state index contributed by atoms with van der Waals surface area (Å²) in [6.45, 7) is 3.85. The third-order valence-electron chi connectivity index (χ3n) is 5.35. The first-order valence-electron chi connectivity index (χ1n) is 9.79. The summed E-state index contributed by atoms with van der Waals surface area (Å²) in [5, 5.41) is 3.02. The van der Waals surface area contributed by atoms with Gasteiger partial charge in [0.05, 0.1) is 26.2 Å². The zero-order chi connectivity index (χ0) is 22.0. The van der Waals surface area contributed by atoms with Crippen molar-refractivity contribution in [3.63, 3.8) is 0 Å². The number of carbonyl (C=O) groups is 2. The molecule has 6 nitrogen and oxygen atoms in total. The Morgan fingerprint density at radius 3 is 2.23 bits per heavy atom. The van der Waals surface area contributed by atoms with E-state index in [2.05, 4.69) is 5.32 Å². The molecule has 1 heterocycles. The minimum absolute atomic E-state index is 0.0245. The summed E-state index contributed by atoms with van der Waals surface area (Å²) in [5.41, 5.74) is 2.01. The highest BCUT2D eigenvalue weighted by atomic mass is 32.2. The maximum absolute atomic E-state index is 13.4. The van der Waals surface area contributed by atoms with Crippen LogP contribution < -0.4 is 14.8 Å². The number of likely N-dealkylation sites (N-methyl/N-ethyl adjacent to an activating group) is 1. The quantitative estimate of drug-likeness (QED) is 0.708. The van der Waals surface area contributed by atoms with Crippen LogP contribution in [0.3, 0.4) is 0 Å². The molecule has 2 atom stereocenters. The monoisotopic (exact) mass is 428 g/mol. The molecule has 0 saturated carbocycles. The van der Waals surface area contributed by atoms with Gasteiger partial charge in [-0.15, -0.1) is 11.8 Å². The molecule has 0 bridgehead atoms. The summed E-state index contributed by atoms with van der Waals surface area (Å²) < 4.78 is 10.8. The Labute approximate surface area is 181 Å². The number of ether oxygens (including phenoxy) is 2. The molecular formula is C23H28N2O4S. The van der Waals surface area contributed by atoms with Crippen LogP contribution in [0.4, 0.5) is 0 Å². The van der Waals surface area contributed by atoms with Gasteiger partial charge >= 0.3 is 0 Å². The van der Waals surface area contributed by atoms with Gasteiger partial charge < -0.3 is 19.7 Å². The van der Waals surface area contributed by atoms with Gasteiger partial charge in [-0.2, -0.15) is 0 Å². The largest absolute Gasteiger partial charge is 0.493 e. The molecule has 0 aliphatic carbocycles. The number of hydrogen-bond acceptors (Lipinski definition) is 5. The summed E-state index contributed by atoms with van der Waals surface area (Å²) in [6, 6.07) is 11.0. The molecule has 1 aliphatic rings. The molecule has 3 rings (SSSR count). The van der Waals surface area contributed by atoms with Gasteiger partial charge in [0.1, 0.15) is 0 Å². The van der Waals surface area contributed by atoms with Crippen LogP contribution in [0, 0.1) is 0 Å². The average molecular weight is 429 g/mol. The van der Waals surface area contributed by atoms with Gasteiger partial charge in [0.2, 0.25) is 5.91 Å². The Hall–Kier alpha value is -2.67. The number of fused-ring (bicyclic) bond motifs is 1. The van der Waals surface area contributed by atoms with E-state index in [4.69, 9.17) is 9.47 Å². The van der Waals surface area contributed by atoms with Crippen LogP contribution >= 0.6 is 11.8 Å². The first-order chi connectivity index (χ1) is 14.3. The molecule has 0 unspecified atom stereocenters. The fourth-order valence-corrected chi connectivity index (χ4v) is 4.33. The highest BCUT2D eigenvalue weighted by Gasteiger charge is 2.43. The Kier molecular flexibility index (Phi) is 6.61. The number of carbonyl (C=O) groups excluding carboxylic acids is 2. The van der Waals surface area contributed by atoms with E-state index in [1.54, 1.807) is 43.0 Å². The van der Waals surface area contributed by atoms with Crippen LogP contribution in [0.2, 0.25) is 0 Å². The maximum Gasteiger partial charge on any atom is 0.254 e. The van der Waals surface area contributed by atoms with E-state index in [1.807, 2.05) is 44.4 Å². The van der Waals surface area contributed by atoms with E-state index in [9.17, 15) is 9.59 Å². The van der Waals surface area contributed by atoms with E-state index >= 15 is 0 Å².